The smallest absolute Gasteiger partial charge is 0.0426 e. The van der Waals surface area contributed by atoms with Crippen molar-refractivity contribution < 1.29 is 0 Å². The fourth-order valence-corrected chi connectivity index (χ4v) is 2.88. The molecule has 1 aromatic rings. The lowest BCUT2D eigenvalue weighted by atomic mass is 9.98. The Morgan fingerprint density at radius 2 is 1.89 bits per heavy atom. The Morgan fingerprint density at radius 3 is 2.39 bits per heavy atom. The Labute approximate surface area is 112 Å². The number of pyridine rings is 1. The van der Waals surface area contributed by atoms with Crippen LogP contribution in [0.4, 0.5) is 0 Å². The van der Waals surface area contributed by atoms with Gasteiger partial charge in [-0.1, -0.05) is 20.3 Å². The van der Waals surface area contributed by atoms with Crippen LogP contribution in [0.3, 0.4) is 0 Å². The summed E-state index contributed by atoms with van der Waals surface area (Å²) in [7, 11) is 0. The standard InChI is InChI=1S/C16H28N2/c1-7-9-15(8-2)18-14(6)16-11(3)10-12(4)17-13(16)5/h10,14-15,18H,7-9H2,1-6H3. The summed E-state index contributed by atoms with van der Waals surface area (Å²) in [5, 5.41) is 3.74. The van der Waals surface area contributed by atoms with Crippen LogP contribution in [-0.2, 0) is 0 Å². The van der Waals surface area contributed by atoms with E-state index in [0.29, 0.717) is 12.1 Å². The van der Waals surface area contributed by atoms with Crippen LogP contribution < -0.4 is 5.32 Å². The van der Waals surface area contributed by atoms with E-state index in [9.17, 15) is 0 Å². The number of nitrogens with one attached hydrogen (secondary N) is 1. The molecule has 2 atom stereocenters. The lowest BCUT2D eigenvalue weighted by Gasteiger charge is -2.24. The highest BCUT2D eigenvalue weighted by Crippen LogP contribution is 2.22. The Kier molecular flexibility index (Phi) is 5.80. The fourth-order valence-electron chi connectivity index (χ4n) is 2.88. The minimum absolute atomic E-state index is 0.384. The van der Waals surface area contributed by atoms with Crippen LogP contribution in [0.5, 0.6) is 0 Å². The normalized spacial score (nSPS) is 14.6. The Balaban J connectivity index is 2.86. The lowest BCUT2D eigenvalue weighted by Crippen LogP contribution is -2.31. The number of hydrogen-bond donors (Lipinski definition) is 1. The summed E-state index contributed by atoms with van der Waals surface area (Å²) in [6.07, 6.45) is 3.68. The van der Waals surface area contributed by atoms with Crippen molar-refractivity contribution in [2.45, 2.75) is 72.9 Å². The number of aryl methyl sites for hydroxylation is 3. The monoisotopic (exact) mass is 248 g/mol. The molecule has 2 nitrogen and oxygen atoms in total. The summed E-state index contributed by atoms with van der Waals surface area (Å²) in [5.74, 6) is 0. The molecule has 0 bridgehead atoms. The highest BCUT2D eigenvalue weighted by atomic mass is 14.9. The zero-order valence-corrected chi connectivity index (χ0v) is 12.8. The Morgan fingerprint density at radius 1 is 1.22 bits per heavy atom. The van der Waals surface area contributed by atoms with Gasteiger partial charge < -0.3 is 5.32 Å². The van der Waals surface area contributed by atoms with Crippen LogP contribution in [-0.4, -0.2) is 11.0 Å². The van der Waals surface area contributed by atoms with Crippen LogP contribution in [0, 0.1) is 20.8 Å². The van der Waals surface area contributed by atoms with Gasteiger partial charge in [-0.2, -0.15) is 0 Å². The average Bonchev–Trinajstić information content (AvgIpc) is 2.26. The molecule has 0 aromatic carbocycles. The van der Waals surface area contributed by atoms with Crippen molar-refractivity contribution in [3.05, 3.63) is 28.6 Å². The first-order valence-electron chi connectivity index (χ1n) is 7.20. The summed E-state index contributed by atoms with van der Waals surface area (Å²) in [6.45, 7) is 13.1. The van der Waals surface area contributed by atoms with Gasteiger partial charge in [-0.25, -0.2) is 0 Å². The van der Waals surface area contributed by atoms with Gasteiger partial charge >= 0.3 is 0 Å². The van der Waals surface area contributed by atoms with E-state index in [2.05, 4.69) is 57.9 Å². The molecule has 0 radical (unpaired) electrons. The third kappa shape index (κ3) is 3.81. The van der Waals surface area contributed by atoms with Gasteiger partial charge in [-0.15, -0.1) is 0 Å². The van der Waals surface area contributed by atoms with Gasteiger partial charge in [0, 0.05) is 23.5 Å². The largest absolute Gasteiger partial charge is 0.307 e. The molecule has 1 aromatic heterocycles. The Hall–Kier alpha value is -0.890. The predicted octanol–water partition coefficient (Wildman–Crippen LogP) is 4.24. The molecule has 0 aliphatic heterocycles. The molecule has 102 valence electrons. The number of nitrogens with zero attached hydrogens (tertiary/aromatic N) is 1. The lowest BCUT2D eigenvalue weighted by molar-refractivity contribution is 0.415. The summed E-state index contributed by atoms with van der Waals surface area (Å²) < 4.78 is 0. The minimum atomic E-state index is 0.384. The molecule has 2 unspecified atom stereocenters. The molecule has 0 saturated heterocycles. The van der Waals surface area contributed by atoms with Crippen molar-refractivity contribution in [1.29, 1.82) is 0 Å². The molecule has 2 heteroatoms. The molecule has 1 rings (SSSR count). The molecule has 0 saturated carbocycles. The summed E-state index contributed by atoms with van der Waals surface area (Å²) >= 11 is 0. The quantitative estimate of drug-likeness (QED) is 0.814. The minimum Gasteiger partial charge on any atom is -0.307 e. The second-order valence-electron chi connectivity index (χ2n) is 5.36. The van der Waals surface area contributed by atoms with Gasteiger partial charge in [0.1, 0.15) is 0 Å². The maximum absolute atomic E-state index is 4.59. The van der Waals surface area contributed by atoms with Gasteiger partial charge in [0.15, 0.2) is 0 Å². The molecule has 0 aliphatic rings. The van der Waals surface area contributed by atoms with Gasteiger partial charge in [-0.3, -0.25) is 4.98 Å². The fraction of sp³-hybridized carbons (Fsp3) is 0.688. The van der Waals surface area contributed by atoms with Crippen LogP contribution >= 0.6 is 0 Å². The van der Waals surface area contributed by atoms with Crippen LogP contribution in [0.15, 0.2) is 6.07 Å². The van der Waals surface area contributed by atoms with Crippen molar-refractivity contribution in [1.82, 2.24) is 10.3 Å². The molecular weight excluding hydrogens is 220 g/mol. The van der Waals surface area contributed by atoms with Crippen LogP contribution in [0.25, 0.3) is 0 Å². The summed E-state index contributed by atoms with van der Waals surface area (Å²) in [6, 6.07) is 3.18. The van der Waals surface area contributed by atoms with Crippen LogP contribution in [0.1, 0.15) is 68.6 Å². The van der Waals surface area contributed by atoms with E-state index in [1.165, 1.54) is 36.1 Å². The van der Waals surface area contributed by atoms with Gasteiger partial charge in [0.2, 0.25) is 0 Å². The molecule has 0 spiro atoms. The van der Waals surface area contributed by atoms with E-state index in [1.807, 2.05) is 0 Å². The molecule has 1 N–H and O–H groups in total. The molecule has 18 heavy (non-hydrogen) atoms. The van der Waals surface area contributed by atoms with Gasteiger partial charge in [0.05, 0.1) is 0 Å². The van der Waals surface area contributed by atoms with E-state index in [-0.39, 0.29) is 0 Å². The average molecular weight is 248 g/mol. The number of rotatable bonds is 6. The molecule has 0 amide bonds. The van der Waals surface area contributed by atoms with Crippen LogP contribution in [0.2, 0.25) is 0 Å². The molecular formula is C16H28N2. The van der Waals surface area contributed by atoms with Crippen molar-refractivity contribution in [2.75, 3.05) is 0 Å². The van der Waals surface area contributed by atoms with E-state index in [4.69, 9.17) is 0 Å². The third-order valence-corrected chi connectivity index (χ3v) is 3.63. The van der Waals surface area contributed by atoms with Gasteiger partial charge in [0.25, 0.3) is 0 Å². The van der Waals surface area contributed by atoms with Crippen molar-refractivity contribution >= 4 is 0 Å². The van der Waals surface area contributed by atoms with Gasteiger partial charge in [-0.05, 0) is 57.7 Å². The van der Waals surface area contributed by atoms with E-state index < -0.39 is 0 Å². The first kappa shape index (κ1) is 15.2. The summed E-state index contributed by atoms with van der Waals surface area (Å²) in [4.78, 5) is 4.59. The zero-order chi connectivity index (χ0) is 13.7. The highest BCUT2D eigenvalue weighted by molar-refractivity contribution is 5.33. The van der Waals surface area contributed by atoms with E-state index in [0.717, 1.165) is 5.69 Å². The van der Waals surface area contributed by atoms with Crippen molar-refractivity contribution in [3.8, 4) is 0 Å². The maximum atomic E-state index is 4.59. The second kappa shape index (κ2) is 6.89. The maximum Gasteiger partial charge on any atom is 0.0426 e. The molecule has 0 fully saturated rings. The Bertz CT molecular complexity index is 362. The summed E-state index contributed by atoms with van der Waals surface area (Å²) in [5.41, 5.74) is 5.00. The van der Waals surface area contributed by atoms with E-state index in [1.54, 1.807) is 0 Å². The second-order valence-corrected chi connectivity index (χ2v) is 5.36. The topological polar surface area (TPSA) is 24.9 Å². The first-order valence-corrected chi connectivity index (χ1v) is 7.20. The molecule has 1 heterocycles. The first-order chi connectivity index (χ1) is 8.49. The van der Waals surface area contributed by atoms with Crippen molar-refractivity contribution in [3.63, 3.8) is 0 Å². The van der Waals surface area contributed by atoms with E-state index >= 15 is 0 Å². The number of aromatic nitrogens is 1. The van der Waals surface area contributed by atoms with Crippen molar-refractivity contribution in [2.24, 2.45) is 0 Å². The molecule has 0 aliphatic carbocycles. The SMILES string of the molecule is CCCC(CC)NC(C)c1c(C)cc(C)nc1C. The number of hydrogen-bond acceptors (Lipinski definition) is 2. The zero-order valence-electron chi connectivity index (χ0n) is 12.8. The predicted molar refractivity (Wildman–Crippen MR) is 79.0 cm³/mol. The highest BCUT2D eigenvalue weighted by Gasteiger charge is 2.15. The third-order valence-electron chi connectivity index (χ3n) is 3.63.